The molecule has 1 unspecified atom stereocenters. The minimum atomic E-state index is 0.0318. The highest BCUT2D eigenvalue weighted by Gasteiger charge is 2.16. The third-order valence-electron chi connectivity index (χ3n) is 2.98. The molecule has 0 spiro atoms. The number of methoxy groups -OCH3 is 1. The molecule has 5 heteroatoms. The van der Waals surface area contributed by atoms with Crippen LogP contribution in [0.15, 0.2) is 22.7 Å². The zero-order valence-corrected chi connectivity index (χ0v) is 12.5. The Labute approximate surface area is 116 Å². The van der Waals surface area contributed by atoms with E-state index < -0.39 is 0 Å². The van der Waals surface area contributed by atoms with Crippen LogP contribution in [0.4, 0.5) is 0 Å². The highest BCUT2D eigenvalue weighted by molar-refractivity contribution is 9.10. The molecule has 0 fully saturated rings. The highest BCUT2D eigenvalue weighted by atomic mass is 79.9. The van der Waals surface area contributed by atoms with Crippen molar-refractivity contribution < 1.29 is 9.53 Å². The first-order chi connectivity index (χ1) is 8.49. The number of carbonyl (C=O) groups excluding carboxylic acids is 1. The number of carbonyl (C=O) groups is 1. The van der Waals surface area contributed by atoms with E-state index in [1.807, 2.05) is 25.1 Å². The normalized spacial score (nSPS) is 12.1. The van der Waals surface area contributed by atoms with E-state index in [0.717, 1.165) is 15.8 Å². The van der Waals surface area contributed by atoms with Gasteiger partial charge in [0.05, 0.1) is 13.5 Å². The van der Waals surface area contributed by atoms with E-state index in [1.165, 1.54) is 0 Å². The Bertz CT molecular complexity index is 423. The van der Waals surface area contributed by atoms with Crippen molar-refractivity contribution >= 4 is 21.8 Å². The van der Waals surface area contributed by atoms with Crippen molar-refractivity contribution in [3.8, 4) is 5.75 Å². The van der Waals surface area contributed by atoms with E-state index in [1.54, 1.807) is 19.1 Å². The van der Waals surface area contributed by atoms with Gasteiger partial charge in [0.2, 0.25) is 5.91 Å². The molecule has 0 saturated heterocycles. The van der Waals surface area contributed by atoms with E-state index in [4.69, 9.17) is 10.5 Å². The largest absolute Gasteiger partial charge is 0.496 e. The molecule has 4 nitrogen and oxygen atoms in total. The smallest absolute Gasteiger partial charge is 0.227 e. The molecular weight excluding hydrogens is 296 g/mol. The number of hydrogen-bond acceptors (Lipinski definition) is 3. The summed E-state index contributed by atoms with van der Waals surface area (Å²) in [6, 6.07) is 5.67. The molecule has 18 heavy (non-hydrogen) atoms. The number of likely N-dealkylation sites (N-methyl/N-ethyl adjacent to an activating group) is 1. The number of amides is 1. The molecule has 1 aromatic rings. The molecule has 0 radical (unpaired) electrons. The second-order valence-corrected chi connectivity index (χ2v) is 5.14. The van der Waals surface area contributed by atoms with Crippen LogP contribution in [0.1, 0.15) is 12.5 Å². The van der Waals surface area contributed by atoms with Gasteiger partial charge in [-0.2, -0.15) is 0 Å². The van der Waals surface area contributed by atoms with E-state index in [-0.39, 0.29) is 11.9 Å². The van der Waals surface area contributed by atoms with Gasteiger partial charge < -0.3 is 15.4 Å². The van der Waals surface area contributed by atoms with Gasteiger partial charge in [0.15, 0.2) is 0 Å². The first kappa shape index (κ1) is 15.0. The second-order valence-electron chi connectivity index (χ2n) is 4.22. The number of hydrogen-bond donors (Lipinski definition) is 1. The monoisotopic (exact) mass is 314 g/mol. The molecule has 1 atom stereocenters. The van der Waals surface area contributed by atoms with Crippen molar-refractivity contribution in [2.45, 2.75) is 19.4 Å². The number of nitrogens with two attached hydrogens (primary N) is 1. The fourth-order valence-corrected chi connectivity index (χ4v) is 1.99. The first-order valence-corrected chi connectivity index (χ1v) is 6.57. The van der Waals surface area contributed by atoms with Crippen molar-refractivity contribution in [3.63, 3.8) is 0 Å². The van der Waals surface area contributed by atoms with Gasteiger partial charge >= 0.3 is 0 Å². The summed E-state index contributed by atoms with van der Waals surface area (Å²) in [5.74, 6) is 0.754. The summed E-state index contributed by atoms with van der Waals surface area (Å²) in [6.45, 7) is 2.38. The van der Waals surface area contributed by atoms with Gasteiger partial charge in [0.1, 0.15) is 5.75 Å². The van der Waals surface area contributed by atoms with E-state index in [0.29, 0.717) is 13.0 Å². The van der Waals surface area contributed by atoms with Crippen molar-refractivity contribution in [2.75, 3.05) is 20.7 Å². The van der Waals surface area contributed by atoms with Crippen LogP contribution in [0, 0.1) is 0 Å². The first-order valence-electron chi connectivity index (χ1n) is 5.77. The van der Waals surface area contributed by atoms with Crippen LogP contribution in [0.2, 0.25) is 0 Å². The van der Waals surface area contributed by atoms with Gasteiger partial charge in [0.25, 0.3) is 0 Å². The summed E-state index contributed by atoms with van der Waals surface area (Å²) >= 11 is 3.39. The van der Waals surface area contributed by atoms with Gasteiger partial charge in [-0.15, -0.1) is 0 Å². The van der Waals surface area contributed by atoms with Gasteiger partial charge in [-0.05, 0) is 25.1 Å². The summed E-state index contributed by atoms with van der Waals surface area (Å²) < 4.78 is 6.18. The zero-order chi connectivity index (χ0) is 13.7. The number of rotatable bonds is 5. The topological polar surface area (TPSA) is 55.6 Å². The lowest BCUT2D eigenvalue weighted by Crippen LogP contribution is -2.40. The lowest BCUT2D eigenvalue weighted by molar-refractivity contribution is -0.130. The Morgan fingerprint density at radius 2 is 2.22 bits per heavy atom. The molecule has 0 saturated carbocycles. The Morgan fingerprint density at radius 3 is 2.78 bits per heavy atom. The Kier molecular flexibility index (Phi) is 5.62. The van der Waals surface area contributed by atoms with Crippen LogP contribution in [-0.4, -0.2) is 37.6 Å². The summed E-state index contributed by atoms with van der Waals surface area (Å²) in [4.78, 5) is 13.8. The predicted octanol–water partition coefficient (Wildman–Crippen LogP) is 1.81. The van der Waals surface area contributed by atoms with Gasteiger partial charge in [-0.25, -0.2) is 0 Å². The molecule has 1 amide bonds. The SMILES string of the molecule is COc1ccc(Br)cc1CC(=O)N(C)C(C)CN. The maximum atomic E-state index is 12.1. The quantitative estimate of drug-likeness (QED) is 0.901. The molecule has 0 aliphatic heterocycles. The molecule has 0 heterocycles. The number of nitrogens with zero attached hydrogens (tertiary/aromatic N) is 1. The van der Waals surface area contributed by atoms with Crippen LogP contribution in [0.3, 0.4) is 0 Å². The van der Waals surface area contributed by atoms with Gasteiger partial charge in [-0.1, -0.05) is 15.9 Å². The Hall–Kier alpha value is -1.07. The molecule has 0 aromatic heterocycles. The summed E-state index contributed by atoms with van der Waals surface area (Å²) in [7, 11) is 3.37. The van der Waals surface area contributed by atoms with Crippen LogP contribution in [-0.2, 0) is 11.2 Å². The minimum Gasteiger partial charge on any atom is -0.496 e. The molecule has 1 rings (SSSR count). The predicted molar refractivity (Wildman–Crippen MR) is 75.7 cm³/mol. The fourth-order valence-electron chi connectivity index (χ4n) is 1.58. The molecule has 2 N–H and O–H groups in total. The van der Waals surface area contributed by atoms with Crippen LogP contribution in [0.5, 0.6) is 5.75 Å². The molecule has 0 aliphatic rings. The molecular formula is C13H19BrN2O2. The van der Waals surface area contributed by atoms with Gasteiger partial charge in [-0.3, -0.25) is 4.79 Å². The molecule has 0 bridgehead atoms. The average molecular weight is 315 g/mol. The lowest BCUT2D eigenvalue weighted by atomic mass is 10.1. The summed E-state index contributed by atoms with van der Waals surface area (Å²) in [6.07, 6.45) is 0.309. The third-order valence-corrected chi connectivity index (χ3v) is 3.47. The highest BCUT2D eigenvalue weighted by Crippen LogP contribution is 2.23. The maximum absolute atomic E-state index is 12.1. The van der Waals surface area contributed by atoms with Crippen molar-refractivity contribution in [2.24, 2.45) is 5.73 Å². The van der Waals surface area contributed by atoms with E-state index in [9.17, 15) is 4.79 Å². The summed E-state index contributed by atoms with van der Waals surface area (Å²) in [5, 5.41) is 0. The standard InChI is InChI=1S/C13H19BrN2O2/c1-9(8-15)16(2)13(17)7-10-6-11(14)4-5-12(10)18-3/h4-6,9H,7-8,15H2,1-3H3. The number of halogens is 1. The van der Waals surface area contributed by atoms with Crippen molar-refractivity contribution in [3.05, 3.63) is 28.2 Å². The zero-order valence-electron chi connectivity index (χ0n) is 10.9. The van der Waals surface area contributed by atoms with E-state index in [2.05, 4.69) is 15.9 Å². The third kappa shape index (κ3) is 3.71. The Morgan fingerprint density at radius 1 is 1.56 bits per heavy atom. The van der Waals surface area contributed by atoms with Crippen LogP contribution >= 0.6 is 15.9 Å². The number of benzene rings is 1. The van der Waals surface area contributed by atoms with Crippen LogP contribution in [0.25, 0.3) is 0 Å². The molecule has 100 valence electrons. The van der Waals surface area contributed by atoms with Gasteiger partial charge in [0, 0.05) is 29.7 Å². The Balaban J connectivity index is 2.84. The summed E-state index contributed by atoms with van der Waals surface area (Å²) in [5.41, 5.74) is 6.43. The van der Waals surface area contributed by atoms with Crippen LogP contribution < -0.4 is 10.5 Å². The molecule has 1 aromatic carbocycles. The second kappa shape index (κ2) is 6.75. The molecule has 0 aliphatic carbocycles. The lowest BCUT2D eigenvalue weighted by Gasteiger charge is -2.24. The number of ether oxygens (including phenoxy) is 1. The van der Waals surface area contributed by atoms with E-state index >= 15 is 0 Å². The minimum absolute atomic E-state index is 0.0318. The average Bonchev–Trinajstić information content (AvgIpc) is 2.37. The maximum Gasteiger partial charge on any atom is 0.227 e. The van der Waals surface area contributed by atoms with Crippen molar-refractivity contribution in [1.82, 2.24) is 4.90 Å². The van der Waals surface area contributed by atoms with Crippen molar-refractivity contribution in [1.29, 1.82) is 0 Å². The fraction of sp³-hybridized carbons (Fsp3) is 0.462.